The number of esters is 1. The molecule has 116 valence electrons. The number of ether oxygens (including phenoxy) is 2. The number of halogens is 2. The van der Waals surface area contributed by atoms with Gasteiger partial charge >= 0.3 is 11.9 Å². The Morgan fingerprint density at radius 3 is 2.40 bits per heavy atom. The van der Waals surface area contributed by atoms with Crippen LogP contribution in [0, 0.1) is 0 Å². The zero-order valence-corrected chi connectivity index (χ0v) is 10.9. The highest BCUT2D eigenvalue weighted by Gasteiger charge is 2.21. The highest BCUT2D eigenvalue weighted by atomic mass is 19.3. The highest BCUT2D eigenvalue weighted by molar-refractivity contribution is 5.84. The van der Waals surface area contributed by atoms with E-state index in [9.17, 15) is 23.2 Å². The summed E-state index contributed by atoms with van der Waals surface area (Å²) in [6, 6.07) is -1.24. The van der Waals surface area contributed by atoms with E-state index in [0.29, 0.717) is 0 Å². The number of aliphatic carboxylic acids is 1. The van der Waals surface area contributed by atoms with Crippen molar-refractivity contribution in [2.75, 3.05) is 20.3 Å². The zero-order valence-electron chi connectivity index (χ0n) is 10.9. The van der Waals surface area contributed by atoms with Crippen molar-refractivity contribution < 1.29 is 37.7 Å². The van der Waals surface area contributed by atoms with Gasteiger partial charge in [-0.1, -0.05) is 0 Å². The first-order valence-corrected chi connectivity index (χ1v) is 5.81. The normalized spacial score (nSPS) is 12.0. The fourth-order valence-electron chi connectivity index (χ4n) is 1.23. The molecule has 0 radical (unpaired) electrons. The molecule has 0 fully saturated rings. The molecule has 0 aromatic carbocycles. The molecule has 1 atom stereocenters. The lowest BCUT2D eigenvalue weighted by molar-refractivity contribution is -0.144. The standard InChI is InChI=1S/C11H17F2NO6/c1-19-10(16)3-2-7(11(17)18)14-9(15)4-5-20-6-8(12)13/h7-8H,2-6H2,1H3,(H,14,15)(H,17,18)/t7-/m1/s1. The van der Waals surface area contributed by atoms with Gasteiger partial charge in [0.2, 0.25) is 5.91 Å². The Bertz CT molecular complexity index is 337. The molecule has 0 unspecified atom stereocenters. The van der Waals surface area contributed by atoms with Crippen LogP contribution in [0.5, 0.6) is 0 Å². The van der Waals surface area contributed by atoms with Gasteiger partial charge in [0.05, 0.1) is 13.7 Å². The van der Waals surface area contributed by atoms with Gasteiger partial charge in [-0.05, 0) is 6.42 Å². The van der Waals surface area contributed by atoms with Crippen LogP contribution in [0.4, 0.5) is 8.78 Å². The first-order valence-electron chi connectivity index (χ1n) is 5.81. The molecule has 0 saturated carbocycles. The molecule has 7 nitrogen and oxygen atoms in total. The second-order valence-corrected chi connectivity index (χ2v) is 3.79. The molecule has 0 aliphatic heterocycles. The molecular weight excluding hydrogens is 280 g/mol. The monoisotopic (exact) mass is 297 g/mol. The molecule has 0 aromatic rings. The van der Waals surface area contributed by atoms with Gasteiger partial charge in [0, 0.05) is 12.8 Å². The summed E-state index contributed by atoms with van der Waals surface area (Å²) in [4.78, 5) is 33.1. The molecule has 9 heteroatoms. The molecule has 1 amide bonds. The van der Waals surface area contributed by atoms with E-state index in [1.807, 2.05) is 0 Å². The van der Waals surface area contributed by atoms with E-state index in [1.165, 1.54) is 0 Å². The van der Waals surface area contributed by atoms with Crippen LogP contribution in [0.25, 0.3) is 0 Å². The Kier molecular flexibility index (Phi) is 9.18. The van der Waals surface area contributed by atoms with Crippen molar-refractivity contribution in [2.45, 2.75) is 31.7 Å². The fraction of sp³-hybridized carbons (Fsp3) is 0.727. The predicted octanol–water partition coefficient (Wildman–Crippen LogP) is 0.181. The third-order valence-electron chi connectivity index (χ3n) is 2.22. The van der Waals surface area contributed by atoms with Crippen molar-refractivity contribution in [3.63, 3.8) is 0 Å². The maximum Gasteiger partial charge on any atom is 0.326 e. The number of methoxy groups -OCH3 is 1. The van der Waals surface area contributed by atoms with Gasteiger partial charge in [0.25, 0.3) is 6.43 Å². The Hall–Kier alpha value is -1.77. The minimum Gasteiger partial charge on any atom is -0.480 e. The van der Waals surface area contributed by atoms with E-state index < -0.39 is 36.9 Å². The maximum atomic E-state index is 11.7. The van der Waals surface area contributed by atoms with Gasteiger partial charge in [-0.2, -0.15) is 0 Å². The molecule has 0 aliphatic carbocycles. The molecule has 0 saturated heterocycles. The van der Waals surface area contributed by atoms with Gasteiger partial charge in [-0.25, -0.2) is 13.6 Å². The van der Waals surface area contributed by atoms with Gasteiger partial charge in [0.15, 0.2) is 0 Å². The lowest BCUT2D eigenvalue weighted by Crippen LogP contribution is -2.41. The lowest BCUT2D eigenvalue weighted by atomic mass is 10.1. The van der Waals surface area contributed by atoms with Crippen molar-refractivity contribution in [1.29, 1.82) is 0 Å². The SMILES string of the molecule is COC(=O)CC[C@@H](NC(=O)CCOCC(F)F)C(=O)O. The number of carbonyl (C=O) groups excluding carboxylic acids is 2. The van der Waals surface area contributed by atoms with Crippen molar-refractivity contribution in [2.24, 2.45) is 0 Å². The van der Waals surface area contributed by atoms with Crippen LogP contribution >= 0.6 is 0 Å². The highest BCUT2D eigenvalue weighted by Crippen LogP contribution is 2.01. The van der Waals surface area contributed by atoms with E-state index in [-0.39, 0.29) is 25.9 Å². The minimum atomic E-state index is -2.62. The largest absolute Gasteiger partial charge is 0.480 e. The second kappa shape index (κ2) is 10.1. The molecule has 20 heavy (non-hydrogen) atoms. The Balaban J connectivity index is 4.02. The van der Waals surface area contributed by atoms with E-state index >= 15 is 0 Å². The van der Waals surface area contributed by atoms with E-state index in [2.05, 4.69) is 14.8 Å². The Morgan fingerprint density at radius 1 is 1.25 bits per heavy atom. The van der Waals surface area contributed by atoms with Crippen LogP contribution < -0.4 is 5.32 Å². The molecule has 0 bridgehead atoms. The third kappa shape index (κ3) is 9.20. The zero-order chi connectivity index (χ0) is 15.5. The Labute approximate surface area is 114 Å². The quantitative estimate of drug-likeness (QED) is 0.440. The summed E-state index contributed by atoms with van der Waals surface area (Å²) >= 11 is 0. The van der Waals surface area contributed by atoms with E-state index in [1.54, 1.807) is 0 Å². The first-order chi connectivity index (χ1) is 9.36. The van der Waals surface area contributed by atoms with Crippen molar-refractivity contribution >= 4 is 17.8 Å². The third-order valence-corrected chi connectivity index (χ3v) is 2.22. The summed E-state index contributed by atoms with van der Waals surface area (Å²) in [5, 5.41) is 11.0. The number of hydrogen-bond acceptors (Lipinski definition) is 5. The number of carbonyl (C=O) groups is 3. The van der Waals surface area contributed by atoms with Gasteiger partial charge in [-0.3, -0.25) is 9.59 Å². The number of amides is 1. The smallest absolute Gasteiger partial charge is 0.326 e. The molecule has 0 aromatic heterocycles. The van der Waals surface area contributed by atoms with Crippen molar-refractivity contribution in [3.8, 4) is 0 Å². The molecule has 0 aliphatic rings. The van der Waals surface area contributed by atoms with Crippen LogP contribution in [-0.2, 0) is 23.9 Å². The van der Waals surface area contributed by atoms with E-state index in [4.69, 9.17) is 5.11 Å². The molecular formula is C11H17F2NO6. The number of hydrogen-bond donors (Lipinski definition) is 2. The van der Waals surface area contributed by atoms with Crippen LogP contribution in [0.2, 0.25) is 0 Å². The van der Waals surface area contributed by atoms with Gasteiger partial charge < -0.3 is 19.9 Å². The summed E-state index contributed by atoms with van der Waals surface area (Å²) < 4.78 is 32.3. The minimum absolute atomic E-state index is 0.119. The van der Waals surface area contributed by atoms with Crippen molar-refractivity contribution in [3.05, 3.63) is 0 Å². The van der Waals surface area contributed by atoms with E-state index in [0.717, 1.165) is 7.11 Å². The van der Waals surface area contributed by atoms with Gasteiger partial charge in [0.1, 0.15) is 12.6 Å². The summed E-state index contributed by atoms with van der Waals surface area (Å²) in [7, 11) is 1.16. The molecule has 0 spiro atoms. The van der Waals surface area contributed by atoms with Gasteiger partial charge in [-0.15, -0.1) is 0 Å². The molecule has 0 rings (SSSR count). The average molecular weight is 297 g/mol. The summed E-state index contributed by atoms with van der Waals surface area (Å²) in [5.74, 6) is -2.54. The lowest BCUT2D eigenvalue weighted by Gasteiger charge is -2.13. The van der Waals surface area contributed by atoms with Crippen molar-refractivity contribution in [1.82, 2.24) is 5.32 Å². The number of carboxylic acids is 1. The number of alkyl halides is 2. The molecule has 2 N–H and O–H groups in total. The first kappa shape index (κ1) is 18.2. The topological polar surface area (TPSA) is 102 Å². The summed E-state index contributed by atoms with van der Waals surface area (Å²) in [5.41, 5.74) is 0. The second-order valence-electron chi connectivity index (χ2n) is 3.79. The average Bonchev–Trinajstić information content (AvgIpc) is 2.38. The summed E-state index contributed by atoms with van der Waals surface area (Å²) in [6.07, 6.45) is -3.14. The van der Waals surface area contributed by atoms with Crippen LogP contribution in [0.1, 0.15) is 19.3 Å². The van der Waals surface area contributed by atoms with Crippen LogP contribution in [0.3, 0.4) is 0 Å². The van der Waals surface area contributed by atoms with Crippen LogP contribution in [0.15, 0.2) is 0 Å². The number of rotatable bonds is 10. The summed E-state index contributed by atoms with van der Waals surface area (Å²) in [6.45, 7) is -1.02. The maximum absolute atomic E-state index is 11.7. The Morgan fingerprint density at radius 2 is 1.90 bits per heavy atom. The predicted molar refractivity (Wildman–Crippen MR) is 62.3 cm³/mol. The van der Waals surface area contributed by atoms with Crippen LogP contribution in [-0.4, -0.2) is 55.7 Å². The molecule has 0 heterocycles. The number of nitrogens with one attached hydrogen (secondary N) is 1. The fourth-order valence-corrected chi connectivity index (χ4v) is 1.23. The number of carboxylic acid groups (broad SMARTS) is 1.